The number of nitrogens with zero attached hydrogens (tertiary/aromatic N) is 3. The standard InChI is InChI=1S/C27H32ClF4N3O4S/c1-33(21-11-14-39-22-15-18(9-10-19(21)22)17-35-12-4-3-5-13-35)25(36)16-24(27(30,31)32)34(2)40(37,38)23-8-6-7-20(28)26(23)29/h6-10,15,21,24H,3-5,11-14,16-17H2,1-2H3/t21-,24-/m1/s1. The number of benzene rings is 2. The summed E-state index contributed by atoms with van der Waals surface area (Å²) in [6, 6.07) is 5.43. The Hall–Kier alpha value is -2.41. The van der Waals surface area contributed by atoms with Crippen LogP contribution in [0.3, 0.4) is 0 Å². The SMILES string of the molecule is CN(C(=O)C[C@@H](N(C)S(=O)(=O)c1cccc(Cl)c1F)C(F)(F)F)[C@@H]1CCOc2cc(CN3CCCCC3)ccc21. The maximum absolute atomic E-state index is 14.4. The summed E-state index contributed by atoms with van der Waals surface area (Å²) >= 11 is 5.65. The van der Waals surface area contributed by atoms with E-state index in [4.69, 9.17) is 16.3 Å². The number of fused-ring (bicyclic) bond motifs is 1. The van der Waals surface area contributed by atoms with Crippen LogP contribution >= 0.6 is 11.6 Å². The third-order valence-corrected chi connectivity index (χ3v) is 9.74. The fourth-order valence-electron chi connectivity index (χ4n) is 5.23. The predicted molar refractivity (Wildman–Crippen MR) is 142 cm³/mol. The molecule has 2 aromatic carbocycles. The number of piperidine rings is 1. The molecule has 7 nitrogen and oxygen atoms in total. The number of halogens is 5. The van der Waals surface area contributed by atoms with Crippen LogP contribution in [0.1, 0.15) is 49.3 Å². The first kappa shape index (κ1) is 30.5. The van der Waals surface area contributed by atoms with E-state index in [1.165, 1.54) is 18.4 Å². The van der Waals surface area contributed by atoms with Crippen LogP contribution in [0, 0.1) is 5.82 Å². The molecule has 0 saturated carbocycles. The summed E-state index contributed by atoms with van der Waals surface area (Å²) in [5.74, 6) is -1.70. The van der Waals surface area contributed by atoms with Gasteiger partial charge in [-0.05, 0) is 49.7 Å². The summed E-state index contributed by atoms with van der Waals surface area (Å²) in [6.07, 6.45) is -2.40. The first-order chi connectivity index (χ1) is 18.8. The van der Waals surface area contributed by atoms with Gasteiger partial charge in [0.05, 0.1) is 24.1 Å². The van der Waals surface area contributed by atoms with Gasteiger partial charge in [0.1, 0.15) is 16.7 Å². The monoisotopic (exact) mass is 605 g/mol. The molecule has 0 unspecified atom stereocenters. The van der Waals surface area contributed by atoms with Crippen molar-refractivity contribution < 1.29 is 35.5 Å². The first-order valence-corrected chi connectivity index (χ1v) is 14.8. The second kappa shape index (κ2) is 12.2. The first-order valence-electron chi connectivity index (χ1n) is 13.0. The molecule has 40 heavy (non-hydrogen) atoms. The summed E-state index contributed by atoms with van der Waals surface area (Å²) in [7, 11) is -2.91. The zero-order valence-electron chi connectivity index (χ0n) is 22.3. The lowest BCUT2D eigenvalue weighted by Gasteiger charge is -2.36. The molecule has 1 saturated heterocycles. The topological polar surface area (TPSA) is 70.2 Å². The van der Waals surface area contributed by atoms with E-state index in [1.54, 1.807) is 0 Å². The highest BCUT2D eigenvalue weighted by Crippen LogP contribution is 2.38. The number of hydrogen-bond donors (Lipinski definition) is 0. The lowest BCUT2D eigenvalue weighted by Crippen LogP contribution is -2.49. The maximum Gasteiger partial charge on any atom is 0.405 e. The van der Waals surface area contributed by atoms with E-state index in [0.717, 1.165) is 56.2 Å². The van der Waals surface area contributed by atoms with Crippen molar-refractivity contribution in [1.29, 1.82) is 0 Å². The van der Waals surface area contributed by atoms with Gasteiger partial charge in [-0.2, -0.15) is 17.5 Å². The molecule has 0 radical (unpaired) electrons. The van der Waals surface area contributed by atoms with Gasteiger partial charge in [0.2, 0.25) is 15.9 Å². The van der Waals surface area contributed by atoms with Gasteiger partial charge < -0.3 is 9.64 Å². The lowest BCUT2D eigenvalue weighted by atomic mass is 9.96. The van der Waals surface area contributed by atoms with Crippen LogP contribution in [0.5, 0.6) is 5.75 Å². The number of hydrogen-bond acceptors (Lipinski definition) is 5. The number of carbonyl (C=O) groups is 1. The van der Waals surface area contributed by atoms with E-state index in [1.807, 2.05) is 18.2 Å². The summed E-state index contributed by atoms with van der Waals surface area (Å²) in [6.45, 7) is 3.07. The highest BCUT2D eigenvalue weighted by Gasteiger charge is 2.49. The van der Waals surface area contributed by atoms with Crippen molar-refractivity contribution in [2.24, 2.45) is 0 Å². The number of ether oxygens (including phenoxy) is 1. The second-order valence-corrected chi connectivity index (χ2v) is 12.6. The Morgan fingerprint density at radius 1 is 1.15 bits per heavy atom. The van der Waals surface area contributed by atoms with Gasteiger partial charge in [-0.15, -0.1) is 0 Å². The molecule has 0 aromatic heterocycles. The molecule has 2 aromatic rings. The molecule has 1 fully saturated rings. The number of alkyl halides is 3. The fraction of sp³-hybridized carbons (Fsp3) is 0.519. The van der Waals surface area contributed by atoms with Crippen LogP contribution in [0.15, 0.2) is 41.3 Å². The average Bonchev–Trinajstić information content (AvgIpc) is 2.91. The van der Waals surface area contributed by atoms with Gasteiger partial charge in [-0.3, -0.25) is 9.69 Å². The molecular formula is C27H32ClF4N3O4S. The summed E-state index contributed by atoms with van der Waals surface area (Å²) in [5.41, 5.74) is 1.72. The minimum absolute atomic E-state index is 0.0156. The van der Waals surface area contributed by atoms with Crippen LogP contribution in [0.4, 0.5) is 17.6 Å². The van der Waals surface area contributed by atoms with Crippen LogP contribution in [-0.4, -0.2) is 74.4 Å². The van der Waals surface area contributed by atoms with E-state index in [9.17, 15) is 30.8 Å². The van der Waals surface area contributed by atoms with Crippen LogP contribution in [0.2, 0.25) is 5.02 Å². The van der Waals surface area contributed by atoms with Crippen molar-refractivity contribution in [3.63, 3.8) is 0 Å². The average molecular weight is 606 g/mol. The van der Waals surface area contributed by atoms with E-state index in [0.29, 0.717) is 24.8 Å². The Kier molecular flexibility index (Phi) is 9.33. The zero-order valence-corrected chi connectivity index (χ0v) is 23.8. The van der Waals surface area contributed by atoms with Crippen molar-refractivity contribution in [2.75, 3.05) is 33.8 Å². The van der Waals surface area contributed by atoms with Crippen molar-refractivity contribution in [3.8, 4) is 5.75 Å². The third kappa shape index (κ3) is 6.56. The molecule has 0 N–H and O–H groups in total. The highest BCUT2D eigenvalue weighted by molar-refractivity contribution is 7.89. The van der Waals surface area contributed by atoms with Crippen LogP contribution in [-0.2, 0) is 21.4 Å². The van der Waals surface area contributed by atoms with Gasteiger partial charge in [-0.25, -0.2) is 12.8 Å². The molecule has 2 aliphatic rings. The molecule has 2 atom stereocenters. The molecule has 2 heterocycles. The number of carbonyl (C=O) groups excluding carboxylic acids is 1. The zero-order chi connectivity index (χ0) is 29.2. The Morgan fingerprint density at radius 3 is 2.52 bits per heavy atom. The summed E-state index contributed by atoms with van der Waals surface area (Å²) < 4.78 is 88.5. The van der Waals surface area contributed by atoms with E-state index < -0.39 is 56.3 Å². The second-order valence-electron chi connectivity index (χ2n) is 10.2. The van der Waals surface area contributed by atoms with Crippen molar-refractivity contribution in [1.82, 2.24) is 14.1 Å². The van der Waals surface area contributed by atoms with Crippen LogP contribution < -0.4 is 4.74 Å². The predicted octanol–water partition coefficient (Wildman–Crippen LogP) is 5.39. The highest BCUT2D eigenvalue weighted by atomic mass is 35.5. The quantitative estimate of drug-likeness (QED) is 0.378. The number of rotatable bonds is 8. The minimum Gasteiger partial charge on any atom is -0.493 e. The lowest BCUT2D eigenvalue weighted by molar-refractivity contribution is -0.176. The van der Waals surface area contributed by atoms with Crippen LogP contribution in [0.25, 0.3) is 0 Å². The Labute approximate surface area is 236 Å². The summed E-state index contributed by atoms with van der Waals surface area (Å²) in [4.78, 5) is 15.7. The smallest absolute Gasteiger partial charge is 0.405 e. The van der Waals surface area contributed by atoms with E-state index in [-0.39, 0.29) is 10.9 Å². The Morgan fingerprint density at radius 2 is 1.85 bits per heavy atom. The summed E-state index contributed by atoms with van der Waals surface area (Å²) in [5, 5.41) is -0.550. The van der Waals surface area contributed by atoms with Gasteiger partial charge in [0.15, 0.2) is 5.82 Å². The molecule has 0 aliphatic carbocycles. The normalized spacial score (nSPS) is 19.1. The minimum atomic E-state index is -5.11. The number of likely N-dealkylation sites (tertiary alicyclic amines) is 1. The molecular weight excluding hydrogens is 574 g/mol. The third-order valence-electron chi connectivity index (χ3n) is 7.56. The van der Waals surface area contributed by atoms with Gasteiger partial charge in [-0.1, -0.05) is 36.2 Å². The molecule has 1 amide bonds. The van der Waals surface area contributed by atoms with Gasteiger partial charge in [0.25, 0.3) is 0 Å². The maximum atomic E-state index is 14.4. The fourth-order valence-corrected chi connectivity index (χ4v) is 6.89. The van der Waals surface area contributed by atoms with E-state index >= 15 is 0 Å². The molecule has 220 valence electrons. The molecule has 0 bridgehead atoms. The Bertz CT molecular complexity index is 1340. The molecule has 0 spiro atoms. The molecule has 2 aliphatic heterocycles. The largest absolute Gasteiger partial charge is 0.493 e. The van der Waals surface area contributed by atoms with Gasteiger partial charge in [0, 0.05) is 32.6 Å². The number of amides is 1. The van der Waals surface area contributed by atoms with Gasteiger partial charge >= 0.3 is 6.18 Å². The Balaban J connectivity index is 1.53. The van der Waals surface area contributed by atoms with Crippen molar-refractivity contribution in [3.05, 3.63) is 58.4 Å². The molecule has 4 rings (SSSR count). The van der Waals surface area contributed by atoms with E-state index in [2.05, 4.69) is 4.90 Å². The molecule has 13 heteroatoms. The number of sulfonamides is 1. The van der Waals surface area contributed by atoms with Crippen molar-refractivity contribution >= 4 is 27.5 Å². The van der Waals surface area contributed by atoms with Crippen molar-refractivity contribution in [2.45, 2.75) is 61.8 Å².